The van der Waals surface area contributed by atoms with E-state index in [4.69, 9.17) is 5.73 Å². The summed E-state index contributed by atoms with van der Waals surface area (Å²) in [7, 11) is 0. The number of benzene rings is 1. The molecule has 0 atom stereocenters. The lowest BCUT2D eigenvalue weighted by atomic mass is 10.0. The van der Waals surface area contributed by atoms with Crippen LogP contribution in [-0.4, -0.2) is 14.6 Å². The summed E-state index contributed by atoms with van der Waals surface area (Å²) in [5.74, 6) is 0. The monoisotopic (exact) mass is 294 g/mol. The quantitative estimate of drug-likeness (QED) is 0.790. The maximum Gasteiger partial charge on any atom is 0.212 e. The van der Waals surface area contributed by atoms with Crippen LogP contribution in [-0.2, 0) is 6.54 Å². The molecular weight excluding hydrogens is 280 g/mol. The van der Waals surface area contributed by atoms with E-state index >= 15 is 0 Å². The van der Waals surface area contributed by atoms with Gasteiger partial charge in [-0.15, -0.1) is 12.4 Å². The molecule has 0 spiro atoms. The summed E-state index contributed by atoms with van der Waals surface area (Å²) in [6.45, 7) is 4.67. The average molecular weight is 295 g/mol. The van der Waals surface area contributed by atoms with E-state index in [1.807, 2.05) is 10.7 Å². The van der Waals surface area contributed by atoms with E-state index in [-0.39, 0.29) is 12.4 Å². The van der Waals surface area contributed by atoms with Gasteiger partial charge in [0, 0.05) is 12.1 Å². The number of aryl methyl sites for hydroxylation is 2. The highest BCUT2D eigenvalue weighted by molar-refractivity contribution is 7.16. The molecule has 0 amide bonds. The number of hydrogen-bond donors (Lipinski definition) is 1. The second kappa shape index (κ2) is 5.28. The highest BCUT2D eigenvalue weighted by Gasteiger charge is 2.10. The fourth-order valence-corrected chi connectivity index (χ4v) is 2.81. The van der Waals surface area contributed by atoms with Gasteiger partial charge >= 0.3 is 0 Å². The third-order valence-corrected chi connectivity index (χ3v) is 3.86. The molecular formula is C13H15ClN4S. The van der Waals surface area contributed by atoms with Crippen molar-refractivity contribution >= 4 is 28.7 Å². The van der Waals surface area contributed by atoms with Gasteiger partial charge in [-0.2, -0.15) is 5.10 Å². The van der Waals surface area contributed by atoms with Gasteiger partial charge in [0.15, 0.2) is 0 Å². The summed E-state index contributed by atoms with van der Waals surface area (Å²) < 4.78 is 1.81. The number of hydrogen-bond acceptors (Lipinski definition) is 4. The topological polar surface area (TPSA) is 56.2 Å². The predicted molar refractivity (Wildman–Crippen MR) is 80.9 cm³/mol. The minimum absolute atomic E-state index is 0. The predicted octanol–water partition coefficient (Wildman–Crippen LogP) is 2.96. The molecule has 3 aromatic rings. The zero-order chi connectivity index (χ0) is 12.7. The second-order valence-electron chi connectivity index (χ2n) is 4.37. The van der Waals surface area contributed by atoms with E-state index in [1.165, 1.54) is 22.5 Å². The molecule has 3 rings (SSSR count). The molecule has 2 aromatic heterocycles. The summed E-state index contributed by atoms with van der Waals surface area (Å²) in [5.41, 5.74) is 10.2. The first-order chi connectivity index (χ1) is 8.67. The van der Waals surface area contributed by atoms with Gasteiger partial charge in [-0.3, -0.25) is 0 Å². The van der Waals surface area contributed by atoms with Gasteiger partial charge in [-0.05, 0) is 19.4 Å². The normalized spacial score (nSPS) is 10.7. The molecule has 2 heterocycles. The fourth-order valence-electron chi connectivity index (χ4n) is 2.05. The largest absolute Gasteiger partial charge is 0.324 e. The number of halogens is 1. The molecule has 4 nitrogen and oxygen atoms in total. The Morgan fingerprint density at radius 1 is 1.32 bits per heavy atom. The van der Waals surface area contributed by atoms with Crippen LogP contribution in [0.2, 0.25) is 0 Å². The Kier molecular flexibility index (Phi) is 3.89. The molecule has 0 fully saturated rings. The molecule has 0 radical (unpaired) electrons. The molecule has 0 saturated heterocycles. The first kappa shape index (κ1) is 14.0. The highest BCUT2D eigenvalue weighted by atomic mass is 35.5. The third kappa shape index (κ3) is 2.49. The minimum atomic E-state index is 0. The lowest BCUT2D eigenvalue weighted by Crippen LogP contribution is -1.95. The first-order valence-corrected chi connectivity index (χ1v) is 6.62. The maximum absolute atomic E-state index is 5.57. The van der Waals surface area contributed by atoms with Crippen molar-refractivity contribution in [1.82, 2.24) is 14.6 Å². The average Bonchev–Trinajstić information content (AvgIpc) is 2.86. The first-order valence-electron chi connectivity index (χ1n) is 5.80. The molecule has 0 aliphatic carbocycles. The van der Waals surface area contributed by atoms with Crippen molar-refractivity contribution < 1.29 is 0 Å². The van der Waals surface area contributed by atoms with Crippen LogP contribution in [0.25, 0.3) is 16.2 Å². The van der Waals surface area contributed by atoms with E-state index in [2.05, 4.69) is 42.1 Å². The lowest BCUT2D eigenvalue weighted by molar-refractivity contribution is 0.897. The molecule has 0 bridgehead atoms. The molecule has 0 saturated carbocycles. The van der Waals surface area contributed by atoms with Gasteiger partial charge in [-0.25, -0.2) is 9.50 Å². The van der Waals surface area contributed by atoms with E-state index in [0.717, 1.165) is 21.2 Å². The Balaban J connectivity index is 0.00000133. The van der Waals surface area contributed by atoms with Crippen molar-refractivity contribution in [2.75, 3.05) is 0 Å². The Morgan fingerprint density at radius 3 is 2.74 bits per heavy atom. The standard InChI is InChI=1S/C13H14N4S.ClH/c1-8-3-4-10(9(2)5-8)11-7-17-13(15-11)18-12(6-14)16-17;/h3-5,7H,6,14H2,1-2H3;1H. The van der Waals surface area contributed by atoms with Crippen molar-refractivity contribution in [2.24, 2.45) is 5.73 Å². The van der Waals surface area contributed by atoms with Crippen LogP contribution in [0.1, 0.15) is 16.1 Å². The number of nitrogens with two attached hydrogens (primary N) is 1. The van der Waals surface area contributed by atoms with Gasteiger partial charge < -0.3 is 5.73 Å². The van der Waals surface area contributed by atoms with E-state index < -0.39 is 0 Å². The number of aromatic nitrogens is 3. The van der Waals surface area contributed by atoms with E-state index in [1.54, 1.807) is 0 Å². The molecule has 100 valence electrons. The summed E-state index contributed by atoms with van der Waals surface area (Å²) in [6.07, 6.45) is 1.96. The maximum atomic E-state index is 5.57. The molecule has 6 heteroatoms. The summed E-state index contributed by atoms with van der Waals surface area (Å²) in [5, 5.41) is 5.28. The summed E-state index contributed by atoms with van der Waals surface area (Å²) >= 11 is 1.54. The lowest BCUT2D eigenvalue weighted by Gasteiger charge is -2.02. The van der Waals surface area contributed by atoms with Gasteiger partial charge in [-0.1, -0.05) is 35.1 Å². The zero-order valence-electron chi connectivity index (χ0n) is 10.8. The molecule has 1 aromatic carbocycles. The number of fused-ring (bicyclic) bond motifs is 1. The zero-order valence-corrected chi connectivity index (χ0v) is 12.4. The third-order valence-electron chi connectivity index (χ3n) is 2.92. The minimum Gasteiger partial charge on any atom is -0.324 e. The van der Waals surface area contributed by atoms with Crippen LogP contribution in [0.4, 0.5) is 0 Å². The fraction of sp³-hybridized carbons (Fsp3) is 0.231. The SMILES string of the molecule is Cc1ccc(-c2cn3nc(CN)sc3n2)c(C)c1.Cl. The molecule has 19 heavy (non-hydrogen) atoms. The summed E-state index contributed by atoms with van der Waals surface area (Å²) in [6, 6.07) is 6.39. The van der Waals surface area contributed by atoms with Gasteiger partial charge in [0.2, 0.25) is 4.96 Å². The second-order valence-corrected chi connectivity index (χ2v) is 5.41. The number of imidazole rings is 1. The van der Waals surface area contributed by atoms with Crippen molar-refractivity contribution in [1.29, 1.82) is 0 Å². The van der Waals surface area contributed by atoms with E-state index in [9.17, 15) is 0 Å². The summed E-state index contributed by atoms with van der Waals surface area (Å²) in [4.78, 5) is 5.50. The van der Waals surface area contributed by atoms with Crippen molar-refractivity contribution in [3.05, 3.63) is 40.5 Å². The smallest absolute Gasteiger partial charge is 0.212 e. The van der Waals surface area contributed by atoms with Crippen LogP contribution in [0.5, 0.6) is 0 Å². The number of rotatable bonds is 2. The Morgan fingerprint density at radius 2 is 2.11 bits per heavy atom. The van der Waals surface area contributed by atoms with Gasteiger partial charge in [0.25, 0.3) is 0 Å². The van der Waals surface area contributed by atoms with Crippen LogP contribution in [0, 0.1) is 13.8 Å². The van der Waals surface area contributed by atoms with Crippen LogP contribution in [0.15, 0.2) is 24.4 Å². The molecule has 0 unspecified atom stereocenters. The Hall–Kier alpha value is -1.43. The van der Waals surface area contributed by atoms with Crippen molar-refractivity contribution in [3.8, 4) is 11.3 Å². The van der Waals surface area contributed by atoms with Crippen LogP contribution in [0.3, 0.4) is 0 Å². The Bertz CT molecular complexity index is 685. The van der Waals surface area contributed by atoms with Gasteiger partial charge in [0.05, 0.1) is 11.9 Å². The van der Waals surface area contributed by atoms with Gasteiger partial charge in [0.1, 0.15) is 5.01 Å². The van der Waals surface area contributed by atoms with Crippen molar-refractivity contribution in [3.63, 3.8) is 0 Å². The molecule has 2 N–H and O–H groups in total. The molecule has 0 aliphatic rings. The van der Waals surface area contributed by atoms with Crippen LogP contribution < -0.4 is 5.73 Å². The van der Waals surface area contributed by atoms with E-state index in [0.29, 0.717) is 6.54 Å². The van der Waals surface area contributed by atoms with Crippen molar-refractivity contribution in [2.45, 2.75) is 20.4 Å². The number of nitrogens with zero attached hydrogens (tertiary/aromatic N) is 3. The molecule has 0 aliphatic heterocycles. The highest BCUT2D eigenvalue weighted by Crippen LogP contribution is 2.25. The Labute approximate surface area is 121 Å². The van der Waals surface area contributed by atoms with Crippen LogP contribution >= 0.6 is 23.7 Å².